The van der Waals surface area contributed by atoms with Gasteiger partial charge in [0.1, 0.15) is 12.4 Å². The van der Waals surface area contributed by atoms with Crippen LogP contribution in [-0.4, -0.2) is 22.3 Å². The van der Waals surface area contributed by atoms with Crippen molar-refractivity contribution in [3.05, 3.63) is 97.6 Å². The Kier molecular flexibility index (Phi) is 7.34. The molecule has 0 N–H and O–H groups in total. The van der Waals surface area contributed by atoms with E-state index in [-0.39, 0.29) is 43.6 Å². The minimum Gasteiger partial charge on any atom is -0.493 e. The molecule has 4 rings (SSSR count). The van der Waals surface area contributed by atoms with Crippen molar-refractivity contribution >= 4 is 63.3 Å². The maximum absolute atomic E-state index is 13.5. The van der Waals surface area contributed by atoms with Crippen molar-refractivity contribution in [3.8, 4) is 11.5 Å². The van der Waals surface area contributed by atoms with Gasteiger partial charge in [-0.15, -0.1) is 0 Å². The molecule has 1 aliphatic heterocycles. The van der Waals surface area contributed by atoms with Gasteiger partial charge in [-0.2, -0.15) is 0 Å². The zero-order valence-corrected chi connectivity index (χ0v) is 20.5. The average Bonchev–Trinajstić information content (AvgIpc) is 3.12. The first-order chi connectivity index (χ1) is 16.8. The van der Waals surface area contributed by atoms with Crippen LogP contribution < -0.4 is 14.4 Å². The van der Waals surface area contributed by atoms with Gasteiger partial charge in [-0.3, -0.25) is 19.8 Å². The van der Waals surface area contributed by atoms with Crippen LogP contribution in [0.5, 0.6) is 11.5 Å². The second-order valence-electron chi connectivity index (χ2n) is 7.21. The van der Waals surface area contributed by atoms with Gasteiger partial charge >= 0.3 is 0 Å². The molecule has 3 aromatic rings. The molecule has 0 unspecified atom stereocenters. The standard InChI is InChI=1S/C24H16ClFN2O5S2/c1-32-20-9-15(19(28(30)31)12-21(20)33-13-14-5-3-2-4-6-14)10-22-23(29)27(24(34)35-22)16-7-8-18(26)17(25)11-16/h2-12H,13H2,1H3/b22-10+. The summed E-state index contributed by atoms with van der Waals surface area (Å²) in [4.78, 5) is 25.7. The molecule has 178 valence electrons. The third-order valence-electron chi connectivity index (χ3n) is 4.99. The lowest BCUT2D eigenvalue weighted by atomic mass is 10.1. The van der Waals surface area contributed by atoms with E-state index in [0.29, 0.717) is 5.69 Å². The Morgan fingerprint density at radius 1 is 1.17 bits per heavy atom. The number of hydrogen-bond donors (Lipinski definition) is 0. The van der Waals surface area contributed by atoms with Gasteiger partial charge in [-0.25, -0.2) is 4.39 Å². The second-order valence-corrected chi connectivity index (χ2v) is 9.29. The number of nitro benzene ring substituents is 1. The smallest absolute Gasteiger partial charge is 0.280 e. The number of anilines is 1. The summed E-state index contributed by atoms with van der Waals surface area (Å²) in [6.07, 6.45) is 1.37. The molecule has 0 aliphatic carbocycles. The van der Waals surface area contributed by atoms with E-state index in [2.05, 4.69) is 0 Å². The van der Waals surface area contributed by atoms with E-state index >= 15 is 0 Å². The number of nitro groups is 1. The van der Waals surface area contributed by atoms with E-state index in [4.69, 9.17) is 33.3 Å². The maximum atomic E-state index is 13.5. The number of ether oxygens (including phenoxy) is 2. The lowest BCUT2D eigenvalue weighted by molar-refractivity contribution is -0.385. The monoisotopic (exact) mass is 530 g/mol. The van der Waals surface area contributed by atoms with Crippen molar-refractivity contribution in [2.24, 2.45) is 0 Å². The van der Waals surface area contributed by atoms with E-state index in [0.717, 1.165) is 23.4 Å². The first-order valence-corrected chi connectivity index (χ1v) is 11.6. The van der Waals surface area contributed by atoms with Gasteiger partial charge in [0, 0.05) is 0 Å². The number of halogens is 2. The first-order valence-electron chi connectivity index (χ1n) is 10.0. The number of rotatable bonds is 7. The third-order valence-corrected chi connectivity index (χ3v) is 6.58. The lowest BCUT2D eigenvalue weighted by Gasteiger charge is -2.15. The molecule has 35 heavy (non-hydrogen) atoms. The quantitative estimate of drug-likeness (QED) is 0.152. The summed E-state index contributed by atoms with van der Waals surface area (Å²) in [6, 6.07) is 15.8. The predicted molar refractivity (Wildman–Crippen MR) is 137 cm³/mol. The molecule has 0 spiro atoms. The van der Waals surface area contributed by atoms with Crippen LogP contribution in [0.3, 0.4) is 0 Å². The summed E-state index contributed by atoms with van der Waals surface area (Å²) in [7, 11) is 1.41. The highest BCUT2D eigenvalue weighted by molar-refractivity contribution is 8.27. The Balaban J connectivity index is 1.67. The van der Waals surface area contributed by atoms with Gasteiger partial charge in [0.25, 0.3) is 11.6 Å². The Labute approximate surface area is 214 Å². The van der Waals surface area contributed by atoms with Crippen molar-refractivity contribution < 1.29 is 23.6 Å². The number of benzene rings is 3. The van der Waals surface area contributed by atoms with E-state index in [1.807, 2.05) is 30.3 Å². The van der Waals surface area contributed by atoms with E-state index in [9.17, 15) is 19.3 Å². The fourth-order valence-corrected chi connectivity index (χ4v) is 4.77. The van der Waals surface area contributed by atoms with Crippen molar-refractivity contribution in [2.75, 3.05) is 12.0 Å². The lowest BCUT2D eigenvalue weighted by Crippen LogP contribution is -2.27. The van der Waals surface area contributed by atoms with Crippen molar-refractivity contribution in [1.29, 1.82) is 0 Å². The highest BCUT2D eigenvalue weighted by Crippen LogP contribution is 2.41. The van der Waals surface area contributed by atoms with Crippen LogP contribution in [0, 0.1) is 15.9 Å². The number of methoxy groups -OCH3 is 1. The number of nitrogens with zero attached hydrogens (tertiary/aromatic N) is 2. The molecule has 0 bridgehead atoms. The molecule has 7 nitrogen and oxygen atoms in total. The van der Waals surface area contributed by atoms with Gasteiger partial charge < -0.3 is 9.47 Å². The highest BCUT2D eigenvalue weighted by Gasteiger charge is 2.34. The fourth-order valence-electron chi connectivity index (χ4n) is 3.30. The molecule has 0 aromatic heterocycles. The Morgan fingerprint density at radius 2 is 1.91 bits per heavy atom. The topological polar surface area (TPSA) is 81.9 Å². The number of hydrogen-bond acceptors (Lipinski definition) is 7. The molecule has 1 amide bonds. The molecule has 0 saturated carbocycles. The fraction of sp³-hybridized carbons (Fsp3) is 0.0833. The number of amides is 1. The molecule has 0 radical (unpaired) electrons. The van der Waals surface area contributed by atoms with Crippen LogP contribution in [-0.2, 0) is 11.4 Å². The van der Waals surface area contributed by atoms with Crippen molar-refractivity contribution in [2.45, 2.75) is 6.61 Å². The summed E-state index contributed by atoms with van der Waals surface area (Å²) in [5, 5.41) is 11.7. The molecule has 0 atom stereocenters. The summed E-state index contributed by atoms with van der Waals surface area (Å²) < 4.78 is 24.9. The molecule has 1 aliphatic rings. The van der Waals surface area contributed by atoms with E-state index < -0.39 is 16.6 Å². The Hall–Kier alpha value is -3.47. The molecule has 11 heteroatoms. The second kappa shape index (κ2) is 10.4. The normalized spacial score (nSPS) is 14.5. The maximum Gasteiger partial charge on any atom is 0.280 e. The Morgan fingerprint density at radius 3 is 2.57 bits per heavy atom. The van der Waals surface area contributed by atoms with Gasteiger partial charge in [0.15, 0.2) is 15.8 Å². The van der Waals surface area contributed by atoms with Crippen molar-refractivity contribution in [1.82, 2.24) is 0 Å². The first kappa shape index (κ1) is 24.6. The Bertz CT molecular complexity index is 1370. The largest absolute Gasteiger partial charge is 0.493 e. The van der Waals surface area contributed by atoms with Crippen LogP contribution in [0.4, 0.5) is 15.8 Å². The molecule has 3 aromatic carbocycles. The molecular weight excluding hydrogens is 515 g/mol. The van der Waals surface area contributed by atoms with Gasteiger partial charge in [0.05, 0.1) is 39.3 Å². The van der Waals surface area contributed by atoms with Crippen LogP contribution in [0.15, 0.2) is 65.6 Å². The van der Waals surface area contributed by atoms with E-state index in [1.165, 1.54) is 42.4 Å². The van der Waals surface area contributed by atoms with Crippen LogP contribution >= 0.6 is 35.6 Å². The van der Waals surface area contributed by atoms with E-state index in [1.54, 1.807) is 0 Å². The van der Waals surface area contributed by atoms with Crippen molar-refractivity contribution in [3.63, 3.8) is 0 Å². The third kappa shape index (κ3) is 5.29. The number of thioether (sulfide) groups is 1. The molecule has 1 heterocycles. The van der Waals surface area contributed by atoms with Gasteiger partial charge in [-0.05, 0) is 35.9 Å². The number of carbonyl (C=O) groups excluding carboxylic acids is 1. The minimum absolute atomic E-state index is 0.136. The zero-order valence-electron chi connectivity index (χ0n) is 18.1. The summed E-state index contributed by atoms with van der Waals surface area (Å²) in [6.45, 7) is 0.187. The molecular formula is C24H16ClFN2O5S2. The summed E-state index contributed by atoms with van der Waals surface area (Å²) in [5.41, 5.74) is 1.03. The van der Waals surface area contributed by atoms with Crippen LogP contribution in [0.1, 0.15) is 11.1 Å². The van der Waals surface area contributed by atoms with Gasteiger partial charge in [-0.1, -0.05) is 65.9 Å². The predicted octanol–water partition coefficient (Wildman–Crippen LogP) is 6.38. The number of carbonyl (C=O) groups is 1. The number of thiocarbonyl (C=S) groups is 1. The summed E-state index contributed by atoms with van der Waals surface area (Å²) >= 11 is 12.1. The summed E-state index contributed by atoms with van der Waals surface area (Å²) in [5.74, 6) is -0.693. The molecule has 1 saturated heterocycles. The minimum atomic E-state index is -0.631. The SMILES string of the molecule is COc1cc(/C=C2/SC(=S)N(c3ccc(F)c(Cl)c3)C2=O)c([N+](=O)[O-])cc1OCc1ccccc1. The molecule has 1 fully saturated rings. The van der Waals surface area contributed by atoms with Crippen LogP contribution in [0.2, 0.25) is 5.02 Å². The zero-order chi connectivity index (χ0) is 25.1. The van der Waals surface area contributed by atoms with Gasteiger partial charge in [0.2, 0.25) is 0 Å². The van der Waals surface area contributed by atoms with Crippen LogP contribution in [0.25, 0.3) is 6.08 Å². The highest BCUT2D eigenvalue weighted by atomic mass is 35.5. The average molecular weight is 531 g/mol.